The lowest BCUT2D eigenvalue weighted by molar-refractivity contribution is 1.33. The Bertz CT molecular complexity index is 947. The number of aromatic nitrogens is 1. The fraction of sp³-hybridized carbons (Fsp3) is 0.105. The van der Waals surface area contributed by atoms with Gasteiger partial charge in [-0.05, 0) is 13.8 Å². The number of hydrogen-bond acceptors (Lipinski definition) is 4. The fourth-order valence-electron chi connectivity index (χ4n) is 2.25. The summed E-state index contributed by atoms with van der Waals surface area (Å²) in [7, 11) is 0. The lowest BCUT2D eigenvalue weighted by atomic mass is 10.1. The van der Waals surface area contributed by atoms with Gasteiger partial charge in [-0.25, -0.2) is 4.98 Å². The molecule has 0 aliphatic heterocycles. The zero-order valence-electron chi connectivity index (χ0n) is 12.8. The molecule has 3 aromatic rings. The molecular weight excluding hydrogens is 320 g/mol. The molecular formula is C19H14N2S2. The van der Waals surface area contributed by atoms with Crippen molar-refractivity contribution in [2.24, 2.45) is 0 Å². The smallest absolute Gasteiger partial charge is 0.125 e. The highest BCUT2D eigenvalue weighted by molar-refractivity contribution is 7.73. The van der Waals surface area contributed by atoms with Crippen molar-refractivity contribution in [2.75, 3.05) is 0 Å². The average Bonchev–Trinajstić information content (AvgIpc) is 2.55. The van der Waals surface area contributed by atoms with E-state index < -0.39 is 0 Å². The molecule has 2 nitrogen and oxygen atoms in total. The van der Waals surface area contributed by atoms with Gasteiger partial charge in [0.25, 0.3) is 0 Å². The van der Waals surface area contributed by atoms with Crippen LogP contribution in [0.5, 0.6) is 0 Å². The second-order valence-corrected chi connectivity index (χ2v) is 7.04. The molecule has 0 saturated heterocycles. The van der Waals surface area contributed by atoms with E-state index in [1.54, 1.807) is 0 Å². The predicted octanol–water partition coefficient (Wildman–Crippen LogP) is 5.70. The first-order valence-electron chi connectivity index (χ1n) is 7.18. The summed E-state index contributed by atoms with van der Waals surface area (Å²) in [4.78, 5) is 4.73. The molecule has 112 valence electrons. The SMILES string of the molecule is Cc1ccc(-c2nc(-c3ccc(C)cc3)c(C#N)c(=S)s2)cc1. The summed E-state index contributed by atoms with van der Waals surface area (Å²) >= 11 is 6.81. The Hall–Kier alpha value is -2.35. The lowest BCUT2D eigenvalue weighted by Gasteiger charge is -2.07. The summed E-state index contributed by atoms with van der Waals surface area (Å²) in [5, 5.41) is 10.3. The Morgan fingerprint density at radius 3 is 1.96 bits per heavy atom. The van der Waals surface area contributed by atoms with Crippen molar-refractivity contribution in [2.45, 2.75) is 13.8 Å². The maximum absolute atomic E-state index is 9.46. The zero-order valence-corrected chi connectivity index (χ0v) is 14.5. The number of benzene rings is 2. The molecule has 0 amide bonds. The summed E-state index contributed by atoms with van der Waals surface area (Å²) < 4.78 is 0.577. The highest BCUT2D eigenvalue weighted by Gasteiger charge is 2.12. The van der Waals surface area contributed by atoms with Crippen molar-refractivity contribution in [1.82, 2.24) is 4.98 Å². The maximum atomic E-state index is 9.46. The molecule has 1 heterocycles. The largest absolute Gasteiger partial charge is 0.235 e. The van der Waals surface area contributed by atoms with E-state index in [2.05, 4.69) is 25.1 Å². The molecule has 0 spiro atoms. The molecule has 4 heteroatoms. The minimum atomic E-state index is 0.477. The van der Waals surface area contributed by atoms with Gasteiger partial charge in [-0.2, -0.15) is 5.26 Å². The highest BCUT2D eigenvalue weighted by atomic mass is 32.1. The Morgan fingerprint density at radius 2 is 1.43 bits per heavy atom. The third kappa shape index (κ3) is 3.21. The molecule has 23 heavy (non-hydrogen) atoms. The van der Waals surface area contributed by atoms with Crippen molar-refractivity contribution >= 4 is 23.6 Å². The van der Waals surface area contributed by atoms with Gasteiger partial charge in [-0.1, -0.05) is 71.9 Å². The summed E-state index contributed by atoms with van der Waals surface area (Å²) in [6.45, 7) is 4.08. The number of rotatable bonds is 2. The van der Waals surface area contributed by atoms with Crippen LogP contribution >= 0.6 is 23.6 Å². The zero-order chi connectivity index (χ0) is 16.4. The Kier molecular flexibility index (Phi) is 4.33. The standard InChI is InChI=1S/C19H14N2S2/c1-12-3-7-14(8-4-12)17-16(11-20)19(22)23-18(21-17)15-9-5-13(2)6-10-15/h3-10H,1-2H3. The van der Waals surface area contributed by atoms with Crippen LogP contribution in [0.25, 0.3) is 21.8 Å². The monoisotopic (exact) mass is 334 g/mol. The third-order valence-corrected chi connectivity index (χ3v) is 4.94. The molecule has 0 bridgehead atoms. The Labute approximate surface area is 144 Å². The van der Waals surface area contributed by atoms with Crippen molar-refractivity contribution in [1.29, 1.82) is 5.26 Å². The molecule has 0 N–H and O–H groups in total. The second kappa shape index (κ2) is 6.41. The van der Waals surface area contributed by atoms with Gasteiger partial charge >= 0.3 is 0 Å². The van der Waals surface area contributed by atoms with Gasteiger partial charge in [0, 0.05) is 11.1 Å². The van der Waals surface area contributed by atoms with E-state index in [1.165, 1.54) is 22.5 Å². The van der Waals surface area contributed by atoms with E-state index in [9.17, 15) is 5.26 Å². The van der Waals surface area contributed by atoms with E-state index >= 15 is 0 Å². The molecule has 0 radical (unpaired) electrons. The van der Waals surface area contributed by atoms with Crippen LogP contribution in [-0.4, -0.2) is 4.98 Å². The minimum Gasteiger partial charge on any atom is -0.235 e. The molecule has 0 fully saturated rings. The third-order valence-electron chi connectivity index (χ3n) is 3.58. The predicted molar refractivity (Wildman–Crippen MR) is 98.0 cm³/mol. The topological polar surface area (TPSA) is 36.7 Å². The number of nitrogens with zero attached hydrogens (tertiary/aromatic N) is 2. The number of aryl methyl sites for hydroxylation is 2. The van der Waals surface area contributed by atoms with E-state index in [0.29, 0.717) is 15.1 Å². The van der Waals surface area contributed by atoms with E-state index in [-0.39, 0.29) is 0 Å². The van der Waals surface area contributed by atoms with Gasteiger partial charge in [-0.3, -0.25) is 0 Å². The second-order valence-electron chi connectivity index (χ2n) is 5.37. The van der Waals surface area contributed by atoms with Gasteiger partial charge in [0.05, 0.1) is 5.69 Å². The summed E-state index contributed by atoms with van der Waals surface area (Å²) in [6.07, 6.45) is 0. The number of hydrogen-bond donors (Lipinski definition) is 0. The van der Waals surface area contributed by atoms with Crippen molar-refractivity contribution in [3.8, 4) is 27.9 Å². The molecule has 1 aromatic heterocycles. The van der Waals surface area contributed by atoms with Gasteiger partial charge in [0.15, 0.2) is 0 Å². The first-order valence-corrected chi connectivity index (χ1v) is 8.40. The highest BCUT2D eigenvalue weighted by Crippen LogP contribution is 2.30. The molecule has 0 aliphatic carbocycles. The molecule has 3 rings (SSSR count). The molecule has 0 unspecified atom stereocenters. The quantitative estimate of drug-likeness (QED) is 0.564. The number of nitriles is 1. The molecule has 0 atom stereocenters. The summed E-state index contributed by atoms with van der Waals surface area (Å²) in [5.41, 5.74) is 5.44. The maximum Gasteiger partial charge on any atom is 0.125 e. The van der Waals surface area contributed by atoms with Gasteiger partial charge < -0.3 is 0 Å². The van der Waals surface area contributed by atoms with E-state index in [0.717, 1.165) is 16.1 Å². The molecule has 2 aromatic carbocycles. The van der Waals surface area contributed by atoms with Crippen LogP contribution in [0.1, 0.15) is 16.7 Å². The van der Waals surface area contributed by atoms with Crippen LogP contribution in [0.4, 0.5) is 0 Å². The van der Waals surface area contributed by atoms with Crippen LogP contribution < -0.4 is 0 Å². The Morgan fingerprint density at radius 1 is 0.913 bits per heavy atom. The van der Waals surface area contributed by atoms with Crippen LogP contribution in [0.2, 0.25) is 0 Å². The van der Waals surface area contributed by atoms with Crippen LogP contribution in [-0.2, 0) is 0 Å². The first-order chi connectivity index (χ1) is 11.1. The van der Waals surface area contributed by atoms with Crippen LogP contribution in [0, 0.1) is 29.0 Å². The lowest BCUT2D eigenvalue weighted by Crippen LogP contribution is -1.92. The normalized spacial score (nSPS) is 10.3. The van der Waals surface area contributed by atoms with Crippen LogP contribution in [0.15, 0.2) is 48.5 Å². The van der Waals surface area contributed by atoms with E-state index in [1.807, 2.05) is 43.3 Å². The Balaban J connectivity index is 2.22. The van der Waals surface area contributed by atoms with Gasteiger partial charge in [0.2, 0.25) is 0 Å². The average molecular weight is 334 g/mol. The summed E-state index contributed by atoms with van der Waals surface area (Å²) in [6, 6.07) is 18.4. The summed E-state index contributed by atoms with van der Waals surface area (Å²) in [5.74, 6) is 0. The van der Waals surface area contributed by atoms with Crippen molar-refractivity contribution in [3.63, 3.8) is 0 Å². The first kappa shape index (κ1) is 15.5. The van der Waals surface area contributed by atoms with E-state index in [4.69, 9.17) is 17.2 Å². The minimum absolute atomic E-state index is 0.477. The van der Waals surface area contributed by atoms with Crippen molar-refractivity contribution < 1.29 is 0 Å². The molecule has 0 saturated carbocycles. The fourth-order valence-corrected chi connectivity index (χ4v) is 3.44. The van der Waals surface area contributed by atoms with Gasteiger partial charge in [0.1, 0.15) is 20.5 Å². The molecule has 0 aliphatic rings. The van der Waals surface area contributed by atoms with Crippen molar-refractivity contribution in [3.05, 3.63) is 69.0 Å². The van der Waals surface area contributed by atoms with Crippen LogP contribution in [0.3, 0.4) is 0 Å². The van der Waals surface area contributed by atoms with Gasteiger partial charge in [-0.15, -0.1) is 11.3 Å².